The molecule has 2 aliphatic carbocycles. The van der Waals surface area contributed by atoms with Crippen LogP contribution < -0.4 is 21.3 Å². The van der Waals surface area contributed by atoms with Crippen LogP contribution in [0, 0.1) is 0 Å². The van der Waals surface area contributed by atoms with E-state index in [0.29, 0.717) is 24.7 Å². The molecule has 0 aromatic carbocycles. The van der Waals surface area contributed by atoms with E-state index in [4.69, 9.17) is 0 Å². The Balaban J connectivity index is 1.31. The maximum absolute atomic E-state index is 12.1. The number of hydrogen-bond donors (Lipinski definition) is 4. The van der Waals surface area contributed by atoms with Crippen molar-refractivity contribution in [1.29, 1.82) is 0 Å². The highest BCUT2D eigenvalue weighted by Crippen LogP contribution is 2.23. The summed E-state index contributed by atoms with van der Waals surface area (Å²) in [4.78, 5) is 28.1. The predicted octanol–water partition coefficient (Wildman–Crippen LogP) is 2.02. The third-order valence-electron chi connectivity index (χ3n) is 4.59. The van der Waals surface area contributed by atoms with Crippen molar-refractivity contribution in [3.8, 4) is 0 Å². The van der Waals surface area contributed by atoms with Crippen molar-refractivity contribution in [2.45, 2.75) is 57.0 Å². The first kappa shape index (κ1) is 17.5. The van der Waals surface area contributed by atoms with Gasteiger partial charge in [-0.1, -0.05) is 19.3 Å². The zero-order valence-corrected chi connectivity index (χ0v) is 14.5. The molecule has 2 saturated carbocycles. The molecule has 1 heterocycles. The quantitative estimate of drug-likeness (QED) is 0.569. The number of aromatic nitrogens is 1. The van der Waals surface area contributed by atoms with E-state index in [1.165, 1.54) is 32.1 Å². The highest BCUT2D eigenvalue weighted by Gasteiger charge is 2.21. The van der Waals surface area contributed by atoms with Gasteiger partial charge in [0.1, 0.15) is 5.82 Å². The molecule has 7 heteroatoms. The molecule has 0 unspecified atom stereocenters. The van der Waals surface area contributed by atoms with Gasteiger partial charge in [-0.2, -0.15) is 0 Å². The van der Waals surface area contributed by atoms with E-state index in [2.05, 4.69) is 26.3 Å². The van der Waals surface area contributed by atoms with Gasteiger partial charge in [0.15, 0.2) is 0 Å². The average Bonchev–Trinajstić information content (AvgIpc) is 3.44. The van der Waals surface area contributed by atoms with E-state index in [0.717, 1.165) is 18.7 Å². The van der Waals surface area contributed by atoms with Gasteiger partial charge >= 0.3 is 6.03 Å². The van der Waals surface area contributed by atoms with Gasteiger partial charge in [-0.05, 0) is 37.8 Å². The lowest BCUT2D eigenvalue weighted by atomic mass is 9.96. The van der Waals surface area contributed by atoms with E-state index in [1.54, 1.807) is 12.3 Å². The van der Waals surface area contributed by atoms with Crippen LogP contribution in [0.3, 0.4) is 0 Å². The number of pyridine rings is 1. The lowest BCUT2D eigenvalue weighted by molar-refractivity contribution is 0.0953. The zero-order chi connectivity index (χ0) is 17.5. The van der Waals surface area contributed by atoms with Gasteiger partial charge in [0.05, 0.1) is 5.56 Å². The van der Waals surface area contributed by atoms with Gasteiger partial charge < -0.3 is 21.3 Å². The van der Waals surface area contributed by atoms with Gasteiger partial charge in [0, 0.05) is 31.4 Å². The third-order valence-corrected chi connectivity index (χ3v) is 4.59. The van der Waals surface area contributed by atoms with E-state index in [1.807, 2.05) is 6.07 Å². The first-order valence-electron chi connectivity index (χ1n) is 9.26. The molecular weight excluding hydrogens is 318 g/mol. The standard InChI is InChI=1S/C18H27N5O2/c24-17(13-6-9-16(21-12-13)22-15-7-8-15)19-10-11-20-18(25)23-14-4-2-1-3-5-14/h6,9,12,14-15H,1-5,7-8,10-11H2,(H,19,24)(H,21,22)(H2,20,23,25). The van der Waals surface area contributed by atoms with Crippen LogP contribution in [-0.4, -0.2) is 42.1 Å². The zero-order valence-electron chi connectivity index (χ0n) is 14.5. The monoisotopic (exact) mass is 345 g/mol. The van der Waals surface area contributed by atoms with Crippen LogP contribution in [0.15, 0.2) is 18.3 Å². The second-order valence-corrected chi connectivity index (χ2v) is 6.84. The predicted molar refractivity (Wildman–Crippen MR) is 96.6 cm³/mol. The molecule has 2 fully saturated rings. The van der Waals surface area contributed by atoms with Crippen LogP contribution in [0.1, 0.15) is 55.3 Å². The van der Waals surface area contributed by atoms with Crippen LogP contribution in [0.25, 0.3) is 0 Å². The van der Waals surface area contributed by atoms with E-state index in [9.17, 15) is 9.59 Å². The summed E-state index contributed by atoms with van der Waals surface area (Å²) in [6, 6.07) is 4.26. The van der Waals surface area contributed by atoms with Gasteiger partial charge in [-0.15, -0.1) is 0 Å². The molecule has 25 heavy (non-hydrogen) atoms. The SMILES string of the molecule is O=C(NCCNC(=O)c1ccc(NC2CC2)nc1)NC1CCCCC1. The fourth-order valence-corrected chi connectivity index (χ4v) is 2.99. The molecule has 3 rings (SSSR count). The largest absolute Gasteiger partial charge is 0.367 e. The van der Waals surface area contributed by atoms with Crippen LogP contribution >= 0.6 is 0 Å². The Labute approximate surface area is 148 Å². The second kappa shape index (κ2) is 8.69. The number of rotatable bonds is 7. The number of amides is 3. The molecule has 0 aliphatic heterocycles. The summed E-state index contributed by atoms with van der Waals surface area (Å²) in [7, 11) is 0. The second-order valence-electron chi connectivity index (χ2n) is 6.84. The van der Waals surface area contributed by atoms with E-state index in [-0.39, 0.29) is 18.0 Å². The van der Waals surface area contributed by atoms with Crippen LogP contribution in [0.2, 0.25) is 0 Å². The fraction of sp³-hybridized carbons (Fsp3) is 0.611. The molecule has 3 amide bonds. The molecule has 0 atom stereocenters. The summed E-state index contributed by atoms with van der Waals surface area (Å²) < 4.78 is 0. The lowest BCUT2D eigenvalue weighted by Gasteiger charge is -2.22. The molecule has 1 aromatic rings. The topological polar surface area (TPSA) is 95.2 Å². The minimum atomic E-state index is -0.181. The Morgan fingerprint density at radius 2 is 1.72 bits per heavy atom. The molecule has 136 valence electrons. The third kappa shape index (κ3) is 5.92. The molecule has 1 aromatic heterocycles. The number of nitrogens with zero attached hydrogens (tertiary/aromatic N) is 1. The van der Waals surface area contributed by atoms with Crippen molar-refractivity contribution in [1.82, 2.24) is 20.9 Å². The van der Waals surface area contributed by atoms with Gasteiger partial charge in [-0.3, -0.25) is 4.79 Å². The van der Waals surface area contributed by atoms with Crippen molar-refractivity contribution in [3.63, 3.8) is 0 Å². The Morgan fingerprint density at radius 3 is 2.40 bits per heavy atom. The minimum Gasteiger partial charge on any atom is -0.367 e. The molecule has 0 radical (unpaired) electrons. The maximum Gasteiger partial charge on any atom is 0.315 e. The summed E-state index contributed by atoms with van der Waals surface area (Å²) >= 11 is 0. The molecule has 2 aliphatic rings. The molecule has 0 bridgehead atoms. The molecule has 0 saturated heterocycles. The van der Waals surface area contributed by atoms with Crippen molar-refractivity contribution >= 4 is 17.8 Å². The van der Waals surface area contributed by atoms with Crippen molar-refractivity contribution in [3.05, 3.63) is 23.9 Å². The number of anilines is 1. The van der Waals surface area contributed by atoms with Gasteiger partial charge in [0.25, 0.3) is 5.91 Å². The highest BCUT2D eigenvalue weighted by atomic mass is 16.2. The number of hydrogen-bond acceptors (Lipinski definition) is 4. The summed E-state index contributed by atoms with van der Waals surface area (Å²) in [6.45, 7) is 0.790. The number of carbonyl (C=O) groups excluding carboxylic acids is 2. The first-order chi connectivity index (χ1) is 12.2. The normalized spacial score (nSPS) is 17.6. The summed E-state index contributed by atoms with van der Waals surface area (Å²) in [6.07, 6.45) is 9.69. The molecule has 0 spiro atoms. The number of carbonyl (C=O) groups is 2. The Bertz CT molecular complexity index is 580. The molecule has 4 N–H and O–H groups in total. The Kier molecular flexibility index (Phi) is 6.09. The lowest BCUT2D eigenvalue weighted by Crippen LogP contribution is -2.45. The number of urea groups is 1. The van der Waals surface area contributed by atoms with Crippen molar-refractivity contribution in [2.24, 2.45) is 0 Å². The van der Waals surface area contributed by atoms with Crippen molar-refractivity contribution < 1.29 is 9.59 Å². The smallest absolute Gasteiger partial charge is 0.315 e. The Hall–Kier alpha value is -2.31. The van der Waals surface area contributed by atoms with E-state index >= 15 is 0 Å². The summed E-state index contributed by atoms with van der Waals surface area (Å²) in [5.41, 5.74) is 0.521. The van der Waals surface area contributed by atoms with Crippen molar-refractivity contribution in [2.75, 3.05) is 18.4 Å². The number of nitrogens with one attached hydrogen (secondary N) is 4. The Morgan fingerprint density at radius 1 is 0.960 bits per heavy atom. The van der Waals surface area contributed by atoms with Crippen LogP contribution in [0.5, 0.6) is 0 Å². The van der Waals surface area contributed by atoms with E-state index < -0.39 is 0 Å². The van der Waals surface area contributed by atoms with Crippen LogP contribution in [0.4, 0.5) is 10.6 Å². The van der Waals surface area contributed by atoms with Gasteiger partial charge in [0.2, 0.25) is 0 Å². The maximum atomic E-state index is 12.1. The minimum absolute atomic E-state index is 0.154. The summed E-state index contributed by atoms with van der Waals surface area (Å²) in [5, 5.41) is 11.8. The first-order valence-corrected chi connectivity index (χ1v) is 9.26. The van der Waals surface area contributed by atoms with Gasteiger partial charge in [-0.25, -0.2) is 9.78 Å². The molecule has 7 nitrogen and oxygen atoms in total. The average molecular weight is 345 g/mol. The highest BCUT2D eigenvalue weighted by molar-refractivity contribution is 5.94. The fourth-order valence-electron chi connectivity index (χ4n) is 2.99. The summed E-state index contributed by atoms with van der Waals surface area (Å²) in [5.74, 6) is 0.625. The molecular formula is C18H27N5O2. The van der Waals surface area contributed by atoms with Crippen LogP contribution in [-0.2, 0) is 0 Å².